The molecule has 106 valence electrons. The number of aromatic nitrogens is 1. The number of oxazole rings is 1. The summed E-state index contributed by atoms with van der Waals surface area (Å²) in [6.07, 6.45) is 0. The molecule has 0 aliphatic carbocycles. The fourth-order valence-electron chi connectivity index (χ4n) is 2.59. The Bertz CT molecular complexity index is 716. The maximum Gasteiger partial charge on any atom is 0.494 e. The van der Waals surface area contributed by atoms with Gasteiger partial charge in [-0.2, -0.15) is 0 Å². The number of benzene rings is 1. The fraction of sp³-hybridized carbons (Fsp3) is 0.500. The first-order chi connectivity index (χ1) is 9.41. The molecular weight excluding hydrogens is 257 g/mol. The van der Waals surface area contributed by atoms with Gasteiger partial charge >= 0.3 is 12.9 Å². The SMILES string of the molecule is CCn1c(=O)oc2c(C)cc(B3OCC(C)(C)O3)cc21. The van der Waals surface area contributed by atoms with Gasteiger partial charge in [-0.25, -0.2) is 4.79 Å². The molecule has 0 N–H and O–H groups in total. The molecule has 1 aliphatic rings. The summed E-state index contributed by atoms with van der Waals surface area (Å²) in [5, 5.41) is 0. The summed E-state index contributed by atoms with van der Waals surface area (Å²) in [5.41, 5.74) is 2.98. The maximum atomic E-state index is 11.8. The molecule has 2 aromatic rings. The van der Waals surface area contributed by atoms with Crippen molar-refractivity contribution in [2.24, 2.45) is 0 Å². The predicted octanol–water partition coefficient (Wildman–Crippen LogP) is 1.44. The van der Waals surface area contributed by atoms with Gasteiger partial charge in [0.2, 0.25) is 0 Å². The van der Waals surface area contributed by atoms with E-state index < -0.39 is 0 Å². The molecule has 0 atom stereocenters. The smallest absolute Gasteiger partial charge is 0.407 e. The molecule has 3 rings (SSSR count). The summed E-state index contributed by atoms with van der Waals surface area (Å²) >= 11 is 0. The Morgan fingerprint density at radius 2 is 2.15 bits per heavy atom. The molecule has 1 saturated heterocycles. The second-order valence-corrected chi connectivity index (χ2v) is 5.82. The third-order valence-electron chi connectivity index (χ3n) is 3.57. The van der Waals surface area contributed by atoms with Crippen molar-refractivity contribution in [2.45, 2.75) is 39.8 Å². The highest BCUT2D eigenvalue weighted by molar-refractivity contribution is 6.62. The molecular formula is C14H18BNO4. The Balaban J connectivity index is 2.12. The number of fused-ring (bicyclic) bond motifs is 1. The zero-order valence-corrected chi connectivity index (χ0v) is 12.2. The van der Waals surface area contributed by atoms with Crippen LogP contribution < -0.4 is 11.2 Å². The number of rotatable bonds is 2. The molecule has 5 nitrogen and oxygen atoms in total. The highest BCUT2D eigenvalue weighted by Gasteiger charge is 2.38. The molecule has 0 amide bonds. The van der Waals surface area contributed by atoms with Crippen molar-refractivity contribution in [3.63, 3.8) is 0 Å². The Hall–Kier alpha value is -1.53. The number of nitrogens with zero attached hydrogens (tertiary/aromatic N) is 1. The van der Waals surface area contributed by atoms with Gasteiger partial charge in [0.25, 0.3) is 0 Å². The van der Waals surface area contributed by atoms with Gasteiger partial charge in [0.1, 0.15) is 0 Å². The van der Waals surface area contributed by atoms with E-state index in [1.54, 1.807) is 4.57 Å². The van der Waals surface area contributed by atoms with Gasteiger partial charge < -0.3 is 13.7 Å². The molecule has 0 unspecified atom stereocenters. The quantitative estimate of drug-likeness (QED) is 0.778. The van der Waals surface area contributed by atoms with Crippen LogP contribution in [0.25, 0.3) is 11.1 Å². The predicted molar refractivity (Wildman–Crippen MR) is 77.4 cm³/mol. The van der Waals surface area contributed by atoms with E-state index in [1.807, 2.05) is 39.8 Å². The van der Waals surface area contributed by atoms with Crippen molar-refractivity contribution < 1.29 is 13.7 Å². The molecule has 0 saturated carbocycles. The van der Waals surface area contributed by atoms with Crippen molar-refractivity contribution >= 4 is 23.7 Å². The lowest BCUT2D eigenvalue weighted by molar-refractivity contribution is 0.137. The van der Waals surface area contributed by atoms with Crippen LogP contribution in [0, 0.1) is 6.92 Å². The van der Waals surface area contributed by atoms with Crippen LogP contribution in [0.1, 0.15) is 26.3 Å². The summed E-state index contributed by atoms with van der Waals surface area (Å²) in [6, 6.07) is 3.88. The zero-order chi connectivity index (χ0) is 14.5. The lowest BCUT2D eigenvalue weighted by Crippen LogP contribution is -2.34. The van der Waals surface area contributed by atoms with Crippen LogP contribution in [0.4, 0.5) is 0 Å². The normalized spacial score (nSPS) is 18.1. The Morgan fingerprint density at radius 1 is 1.40 bits per heavy atom. The summed E-state index contributed by atoms with van der Waals surface area (Å²) in [6.45, 7) is 8.97. The highest BCUT2D eigenvalue weighted by Crippen LogP contribution is 2.22. The summed E-state index contributed by atoms with van der Waals surface area (Å²) in [4.78, 5) is 11.8. The molecule has 20 heavy (non-hydrogen) atoms. The highest BCUT2D eigenvalue weighted by atomic mass is 16.7. The van der Waals surface area contributed by atoms with E-state index in [-0.39, 0.29) is 18.5 Å². The van der Waals surface area contributed by atoms with Gasteiger partial charge in [-0.1, -0.05) is 6.07 Å². The molecule has 6 heteroatoms. The Morgan fingerprint density at radius 3 is 2.75 bits per heavy atom. The average Bonchev–Trinajstić information content (AvgIpc) is 2.89. The zero-order valence-electron chi connectivity index (χ0n) is 12.2. The standard InChI is InChI=1S/C14H18BNO4/c1-5-16-11-7-10(15-18-8-14(3,4)20-15)6-9(2)12(11)19-13(16)17/h6-7H,5,8H2,1-4H3. The van der Waals surface area contributed by atoms with E-state index >= 15 is 0 Å². The van der Waals surface area contributed by atoms with Crippen molar-refractivity contribution in [3.8, 4) is 0 Å². The van der Waals surface area contributed by atoms with Crippen LogP contribution in [0.3, 0.4) is 0 Å². The molecule has 1 fully saturated rings. The van der Waals surface area contributed by atoms with Crippen LogP contribution in [-0.4, -0.2) is 23.9 Å². The number of hydrogen-bond donors (Lipinski definition) is 0. The minimum absolute atomic E-state index is 0.283. The van der Waals surface area contributed by atoms with Crippen LogP contribution in [0.5, 0.6) is 0 Å². The first-order valence-electron chi connectivity index (χ1n) is 6.84. The third kappa shape index (κ3) is 2.09. The van der Waals surface area contributed by atoms with E-state index in [9.17, 15) is 4.79 Å². The Kier molecular flexibility index (Phi) is 3.03. The lowest BCUT2D eigenvalue weighted by Gasteiger charge is -2.15. The minimum Gasteiger partial charge on any atom is -0.407 e. The lowest BCUT2D eigenvalue weighted by atomic mass is 9.78. The Labute approximate surface area is 117 Å². The first-order valence-corrected chi connectivity index (χ1v) is 6.84. The molecule has 0 bridgehead atoms. The minimum atomic E-state index is -0.386. The van der Waals surface area contributed by atoms with Crippen molar-refractivity contribution in [1.29, 1.82) is 0 Å². The van der Waals surface area contributed by atoms with E-state index in [4.69, 9.17) is 13.7 Å². The molecule has 1 aromatic carbocycles. The summed E-state index contributed by atoms with van der Waals surface area (Å²) in [5.74, 6) is -0.323. The molecule has 0 radical (unpaired) electrons. The van der Waals surface area contributed by atoms with Crippen LogP contribution in [-0.2, 0) is 15.9 Å². The van der Waals surface area contributed by atoms with Crippen molar-refractivity contribution in [1.82, 2.24) is 4.57 Å². The van der Waals surface area contributed by atoms with Gasteiger partial charge in [0.15, 0.2) is 5.58 Å². The molecule has 2 heterocycles. The maximum absolute atomic E-state index is 11.8. The van der Waals surface area contributed by atoms with Crippen LogP contribution >= 0.6 is 0 Å². The van der Waals surface area contributed by atoms with Crippen molar-refractivity contribution in [2.75, 3.05) is 6.61 Å². The monoisotopic (exact) mass is 275 g/mol. The van der Waals surface area contributed by atoms with E-state index in [2.05, 4.69) is 0 Å². The second kappa shape index (κ2) is 4.50. The average molecular weight is 275 g/mol. The van der Waals surface area contributed by atoms with Crippen LogP contribution in [0.15, 0.2) is 21.3 Å². The van der Waals surface area contributed by atoms with Gasteiger partial charge in [-0.15, -0.1) is 0 Å². The van der Waals surface area contributed by atoms with Gasteiger partial charge in [-0.3, -0.25) is 4.57 Å². The number of aryl methyl sites for hydroxylation is 2. The number of hydrogen-bond acceptors (Lipinski definition) is 4. The van der Waals surface area contributed by atoms with Gasteiger partial charge in [-0.05, 0) is 44.8 Å². The van der Waals surface area contributed by atoms with E-state index in [0.717, 1.165) is 16.5 Å². The van der Waals surface area contributed by atoms with Crippen molar-refractivity contribution in [3.05, 3.63) is 28.2 Å². The second-order valence-electron chi connectivity index (χ2n) is 5.82. The van der Waals surface area contributed by atoms with E-state index in [1.165, 1.54) is 0 Å². The molecule has 0 spiro atoms. The third-order valence-corrected chi connectivity index (χ3v) is 3.57. The van der Waals surface area contributed by atoms with Gasteiger partial charge in [0.05, 0.1) is 17.7 Å². The molecule has 1 aromatic heterocycles. The topological polar surface area (TPSA) is 53.6 Å². The van der Waals surface area contributed by atoms with E-state index in [0.29, 0.717) is 18.7 Å². The summed E-state index contributed by atoms with van der Waals surface area (Å²) < 4.78 is 18.5. The van der Waals surface area contributed by atoms with Gasteiger partial charge in [0, 0.05) is 6.54 Å². The molecule has 1 aliphatic heterocycles. The fourth-order valence-corrected chi connectivity index (χ4v) is 2.59. The largest absolute Gasteiger partial charge is 0.494 e. The van der Waals surface area contributed by atoms with Crippen LogP contribution in [0.2, 0.25) is 0 Å². The first kappa shape index (κ1) is 13.5. The summed E-state index contributed by atoms with van der Waals surface area (Å²) in [7, 11) is -0.386.